The Morgan fingerprint density at radius 3 is 2.13 bits per heavy atom. The predicted molar refractivity (Wildman–Crippen MR) is 71.8 cm³/mol. The molecule has 0 radical (unpaired) electrons. The fraction of sp³-hybridized carbons (Fsp3) is 1.00. The predicted octanol–water partition coefficient (Wildman–Crippen LogP) is 3.60. The van der Waals surface area contributed by atoms with Crippen molar-refractivity contribution >= 4 is 12.6 Å². The van der Waals surface area contributed by atoms with Crippen LogP contribution in [0.15, 0.2) is 0 Å². The zero-order chi connectivity index (χ0) is 11.1. The average molecular weight is 229 g/mol. The van der Waals surface area contributed by atoms with E-state index in [2.05, 4.69) is 31.4 Å². The molecule has 90 valence electrons. The molecule has 1 fully saturated rings. The topological polar surface area (TPSA) is 3.24 Å². The summed E-state index contributed by atoms with van der Waals surface area (Å²) in [6.07, 6.45) is 8.17. The lowest BCUT2D eigenvalue weighted by molar-refractivity contribution is 0.0947. The molecular weight excluding hydrogens is 202 g/mol. The molecule has 1 aliphatic heterocycles. The third kappa shape index (κ3) is 3.99. The number of piperidine rings is 1. The number of hydrogen-bond donors (Lipinski definition) is 1. The molecule has 1 rings (SSSR count). The number of hydrogen-bond acceptors (Lipinski definition) is 2. The molecule has 0 aromatic carbocycles. The van der Waals surface area contributed by atoms with Crippen molar-refractivity contribution in [2.75, 3.05) is 25.4 Å². The third-order valence-corrected chi connectivity index (χ3v) is 4.62. The Hall–Kier alpha value is 0.310. The highest BCUT2D eigenvalue weighted by molar-refractivity contribution is 7.80. The molecule has 0 spiro atoms. The van der Waals surface area contributed by atoms with Gasteiger partial charge in [0, 0.05) is 0 Å². The van der Waals surface area contributed by atoms with Crippen LogP contribution in [-0.2, 0) is 0 Å². The van der Waals surface area contributed by atoms with Crippen LogP contribution in [0.5, 0.6) is 0 Å². The molecule has 15 heavy (non-hydrogen) atoms. The van der Waals surface area contributed by atoms with Gasteiger partial charge in [0.25, 0.3) is 0 Å². The summed E-state index contributed by atoms with van der Waals surface area (Å²) >= 11 is 4.26. The Bertz CT molecular complexity index is 156. The molecule has 1 nitrogen and oxygen atoms in total. The monoisotopic (exact) mass is 229 g/mol. The second kappa shape index (κ2) is 6.80. The molecule has 0 amide bonds. The lowest BCUT2D eigenvalue weighted by Crippen LogP contribution is -2.40. The molecule has 2 heteroatoms. The SMILES string of the molecule is CCC1(CC)CCN(CCCCS)CC1. The summed E-state index contributed by atoms with van der Waals surface area (Å²) < 4.78 is 0. The van der Waals surface area contributed by atoms with Crippen molar-refractivity contribution in [3.05, 3.63) is 0 Å². The maximum absolute atomic E-state index is 4.26. The minimum atomic E-state index is 0.681. The van der Waals surface area contributed by atoms with Crippen molar-refractivity contribution in [3.63, 3.8) is 0 Å². The summed E-state index contributed by atoms with van der Waals surface area (Å²) in [7, 11) is 0. The highest BCUT2D eigenvalue weighted by Crippen LogP contribution is 2.37. The van der Waals surface area contributed by atoms with Gasteiger partial charge in [0.2, 0.25) is 0 Å². The standard InChI is InChI=1S/C13H27NS/c1-3-13(4-2)7-10-14(11-8-13)9-5-6-12-15/h15H,3-12H2,1-2H3. The van der Waals surface area contributed by atoms with Crippen LogP contribution >= 0.6 is 12.6 Å². The first-order chi connectivity index (χ1) is 7.26. The summed E-state index contributed by atoms with van der Waals surface area (Å²) in [6.45, 7) is 8.67. The maximum Gasteiger partial charge on any atom is -0.00134 e. The van der Waals surface area contributed by atoms with E-state index in [-0.39, 0.29) is 0 Å². The van der Waals surface area contributed by atoms with Crippen molar-refractivity contribution in [1.29, 1.82) is 0 Å². The second-order valence-electron chi connectivity index (χ2n) is 4.98. The summed E-state index contributed by atoms with van der Waals surface area (Å²) in [6, 6.07) is 0. The van der Waals surface area contributed by atoms with Gasteiger partial charge in [0.05, 0.1) is 0 Å². The van der Waals surface area contributed by atoms with Crippen LogP contribution in [0.2, 0.25) is 0 Å². The molecule has 1 saturated heterocycles. The van der Waals surface area contributed by atoms with Crippen molar-refractivity contribution < 1.29 is 0 Å². The van der Waals surface area contributed by atoms with Crippen LogP contribution in [0.25, 0.3) is 0 Å². The minimum Gasteiger partial charge on any atom is -0.303 e. The van der Waals surface area contributed by atoms with E-state index < -0.39 is 0 Å². The first-order valence-corrected chi connectivity index (χ1v) is 7.23. The number of thiol groups is 1. The van der Waals surface area contributed by atoms with Gasteiger partial charge in [0.1, 0.15) is 0 Å². The Morgan fingerprint density at radius 2 is 1.67 bits per heavy atom. The normalized spacial score (nSPS) is 21.8. The molecule has 0 aromatic rings. The van der Waals surface area contributed by atoms with Gasteiger partial charge in [-0.15, -0.1) is 0 Å². The summed E-state index contributed by atoms with van der Waals surface area (Å²) in [5, 5.41) is 0. The van der Waals surface area contributed by atoms with Gasteiger partial charge in [-0.25, -0.2) is 0 Å². The van der Waals surface area contributed by atoms with Gasteiger partial charge in [-0.1, -0.05) is 26.7 Å². The number of rotatable bonds is 6. The highest BCUT2D eigenvalue weighted by atomic mass is 32.1. The lowest BCUT2D eigenvalue weighted by atomic mass is 9.74. The molecule has 1 heterocycles. The summed E-state index contributed by atoms with van der Waals surface area (Å²) in [4.78, 5) is 2.65. The lowest BCUT2D eigenvalue weighted by Gasteiger charge is -2.41. The van der Waals surface area contributed by atoms with E-state index in [0.717, 1.165) is 5.75 Å². The second-order valence-corrected chi connectivity index (χ2v) is 5.43. The van der Waals surface area contributed by atoms with Gasteiger partial charge < -0.3 is 4.90 Å². The fourth-order valence-corrected chi connectivity index (χ4v) is 2.88. The largest absolute Gasteiger partial charge is 0.303 e. The summed E-state index contributed by atoms with van der Waals surface area (Å²) in [5.74, 6) is 1.04. The van der Waals surface area contributed by atoms with E-state index in [4.69, 9.17) is 0 Å². The fourth-order valence-electron chi connectivity index (χ4n) is 2.66. The molecule has 0 N–H and O–H groups in total. The Kier molecular flexibility index (Phi) is 6.06. The molecule has 0 bridgehead atoms. The number of nitrogens with zero attached hydrogens (tertiary/aromatic N) is 1. The Balaban J connectivity index is 2.22. The highest BCUT2D eigenvalue weighted by Gasteiger charge is 2.30. The molecule has 0 unspecified atom stereocenters. The van der Waals surface area contributed by atoms with Crippen LogP contribution < -0.4 is 0 Å². The number of likely N-dealkylation sites (tertiary alicyclic amines) is 1. The zero-order valence-corrected chi connectivity index (χ0v) is 11.4. The average Bonchev–Trinajstić information content (AvgIpc) is 2.31. The van der Waals surface area contributed by atoms with Crippen molar-refractivity contribution in [2.24, 2.45) is 5.41 Å². The first kappa shape index (κ1) is 13.4. The quantitative estimate of drug-likeness (QED) is 0.538. The van der Waals surface area contributed by atoms with E-state index in [0.29, 0.717) is 5.41 Å². The first-order valence-electron chi connectivity index (χ1n) is 6.59. The van der Waals surface area contributed by atoms with Crippen molar-refractivity contribution in [2.45, 2.75) is 52.4 Å². The van der Waals surface area contributed by atoms with E-state index in [1.165, 1.54) is 58.2 Å². The smallest absolute Gasteiger partial charge is 0.00134 e. The zero-order valence-electron chi connectivity index (χ0n) is 10.5. The minimum absolute atomic E-state index is 0.681. The van der Waals surface area contributed by atoms with Crippen LogP contribution in [0.1, 0.15) is 52.4 Å². The third-order valence-electron chi connectivity index (χ3n) is 4.30. The van der Waals surface area contributed by atoms with E-state index in [9.17, 15) is 0 Å². The van der Waals surface area contributed by atoms with Gasteiger partial charge in [-0.05, 0) is 56.5 Å². The molecule has 0 saturated carbocycles. The Morgan fingerprint density at radius 1 is 1.07 bits per heavy atom. The molecule has 0 aliphatic carbocycles. The van der Waals surface area contributed by atoms with Crippen LogP contribution in [-0.4, -0.2) is 30.3 Å². The molecule has 1 aliphatic rings. The molecular formula is C13H27NS. The van der Waals surface area contributed by atoms with Gasteiger partial charge in [-0.2, -0.15) is 12.6 Å². The van der Waals surface area contributed by atoms with Gasteiger partial charge >= 0.3 is 0 Å². The van der Waals surface area contributed by atoms with Gasteiger partial charge in [-0.3, -0.25) is 0 Å². The number of unbranched alkanes of at least 4 members (excludes halogenated alkanes) is 1. The maximum atomic E-state index is 4.26. The van der Waals surface area contributed by atoms with E-state index in [1.54, 1.807) is 0 Å². The van der Waals surface area contributed by atoms with E-state index in [1.807, 2.05) is 0 Å². The molecule has 0 atom stereocenters. The Labute approximate surface area is 101 Å². The van der Waals surface area contributed by atoms with Gasteiger partial charge in [0.15, 0.2) is 0 Å². The molecule has 0 aromatic heterocycles. The summed E-state index contributed by atoms with van der Waals surface area (Å²) in [5.41, 5.74) is 0.681. The van der Waals surface area contributed by atoms with E-state index >= 15 is 0 Å². The van der Waals surface area contributed by atoms with Crippen LogP contribution in [0.3, 0.4) is 0 Å². The van der Waals surface area contributed by atoms with Crippen molar-refractivity contribution in [1.82, 2.24) is 4.90 Å². The van der Waals surface area contributed by atoms with Crippen LogP contribution in [0, 0.1) is 5.41 Å². The van der Waals surface area contributed by atoms with Crippen molar-refractivity contribution in [3.8, 4) is 0 Å². The van der Waals surface area contributed by atoms with Crippen LogP contribution in [0.4, 0.5) is 0 Å².